The molecule has 0 radical (unpaired) electrons. The number of ether oxygens (including phenoxy) is 3. The van der Waals surface area contributed by atoms with Gasteiger partial charge in [-0.1, -0.05) is 0 Å². The Hall–Kier alpha value is -3.69. The van der Waals surface area contributed by atoms with Gasteiger partial charge in [-0.25, -0.2) is 4.98 Å². The molecular weight excluding hydrogens is 528 g/mol. The number of rotatable bonds is 10. The molecule has 2 aromatic heterocycles. The molecule has 2 fully saturated rings. The summed E-state index contributed by atoms with van der Waals surface area (Å²) in [6.07, 6.45) is 10.7. The average molecular weight is 571 g/mol. The lowest BCUT2D eigenvalue weighted by Gasteiger charge is -2.31. The molecule has 0 bridgehead atoms. The predicted molar refractivity (Wildman–Crippen MR) is 166 cm³/mol. The first-order chi connectivity index (χ1) is 20.5. The first-order valence-corrected chi connectivity index (χ1v) is 15.1. The maximum atomic E-state index is 5.81. The number of likely N-dealkylation sites (tertiary alicyclic amines) is 1. The summed E-state index contributed by atoms with van der Waals surface area (Å²) in [4.78, 5) is 14.6. The number of benzene rings is 2. The predicted octanol–water partition coefficient (Wildman–Crippen LogP) is 5.71. The van der Waals surface area contributed by atoms with Crippen LogP contribution in [0.2, 0.25) is 0 Å². The molecule has 0 N–H and O–H groups in total. The topological polar surface area (TPSA) is 77.8 Å². The van der Waals surface area contributed by atoms with E-state index in [9.17, 15) is 0 Å². The number of anilines is 2. The fraction of sp³-hybridized carbons (Fsp3) is 0.485. The number of nitrogens with zero attached hydrogens (tertiary/aromatic N) is 6. The van der Waals surface area contributed by atoms with Crippen LogP contribution in [0.15, 0.2) is 55.0 Å². The van der Waals surface area contributed by atoms with Crippen molar-refractivity contribution in [3.8, 4) is 22.8 Å². The molecule has 0 saturated carbocycles. The highest BCUT2D eigenvalue weighted by molar-refractivity contribution is 5.82. The number of fused-ring (bicyclic) bond motifs is 1. The Morgan fingerprint density at radius 1 is 0.976 bits per heavy atom. The molecule has 2 unspecified atom stereocenters. The van der Waals surface area contributed by atoms with E-state index in [1.807, 2.05) is 31.7 Å². The van der Waals surface area contributed by atoms with Gasteiger partial charge < -0.3 is 24.0 Å². The van der Waals surface area contributed by atoms with E-state index in [0.717, 1.165) is 83.1 Å². The van der Waals surface area contributed by atoms with Gasteiger partial charge in [0.15, 0.2) is 0 Å². The molecule has 0 aliphatic carbocycles. The third-order valence-electron chi connectivity index (χ3n) is 8.84. The van der Waals surface area contributed by atoms with Crippen molar-refractivity contribution in [3.05, 3.63) is 55.0 Å². The summed E-state index contributed by atoms with van der Waals surface area (Å²) in [6, 6.07) is 12.4. The Kier molecular flexibility index (Phi) is 8.58. The first-order valence-electron chi connectivity index (χ1n) is 15.1. The lowest BCUT2D eigenvalue weighted by molar-refractivity contribution is -0.0108. The zero-order chi connectivity index (χ0) is 29.1. The molecule has 42 heavy (non-hydrogen) atoms. The van der Waals surface area contributed by atoms with Crippen LogP contribution in [0.4, 0.5) is 11.4 Å². The van der Waals surface area contributed by atoms with Gasteiger partial charge in [-0.15, -0.1) is 0 Å². The molecule has 2 saturated heterocycles. The van der Waals surface area contributed by atoms with Crippen molar-refractivity contribution in [1.82, 2.24) is 24.6 Å². The minimum Gasteiger partial charge on any atom is -0.497 e. The van der Waals surface area contributed by atoms with Gasteiger partial charge in [0.1, 0.15) is 11.5 Å². The van der Waals surface area contributed by atoms with Crippen LogP contribution in [0, 0.1) is 11.8 Å². The number of hydrogen-bond acceptors (Lipinski definition) is 8. The van der Waals surface area contributed by atoms with E-state index in [-0.39, 0.29) is 0 Å². The maximum Gasteiger partial charge on any atom is 0.124 e. The van der Waals surface area contributed by atoms with Gasteiger partial charge in [0, 0.05) is 68.1 Å². The summed E-state index contributed by atoms with van der Waals surface area (Å²) in [6.45, 7) is 7.46. The monoisotopic (exact) mass is 570 g/mol. The second-order valence-electron chi connectivity index (χ2n) is 11.7. The smallest absolute Gasteiger partial charge is 0.124 e. The molecule has 9 nitrogen and oxygen atoms in total. The highest BCUT2D eigenvalue weighted by Crippen LogP contribution is 2.36. The van der Waals surface area contributed by atoms with Crippen molar-refractivity contribution in [2.24, 2.45) is 18.9 Å². The van der Waals surface area contributed by atoms with Crippen LogP contribution in [0.5, 0.6) is 11.5 Å². The van der Waals surface area contributed by atoms with Gasteiger partial charge in [0.05, 0.1) is 49.4 Å². The van der Waals surface area contributed by atoms with Crippen LogP contribution < -0.4 is 14.4 Å². The molecule has 2 aliphatic rings. The van der Waals surface area contributed by atoms with E-state index < -0.39 is 0 Å². The van der Waals surface area contributed by atoms with Crippen LogP contribution in [0.3, 0.4) is 0 Å². The van der Waals surface area contributed by atoms with Crippen molar-refractivity contribution in [1.29, 1.82) is 0 Å². The summed E-state index contributed by atoms with van der Waals surface area (Å²) in [5, 5.41) is 4.30. The Morgan fingerprint density at radius 3 is 2.55 bits per heavy atom. The largest absolute Gasteiger partial charge is 0.497 e. The van der Waals surface area contributed by atoms with Gasteiger partial charge in [-0.2, -0.15) is 5.10 Å². The lowest BCUT2D eigenvalue weighted by Crippen LogP contribution is -2.31. The fourth-order valence-corrected chi connectivity index (χ4v) is 6.58. The lowest BCUT2D eigenvalue weighted by atomic mass is 9.83. The highest BCUT2D eigenvalue weighted by atomic mass is 16.5. The SMILES string of the molecule is COc1cc(OC)cc(N(CCCN2CCC(C3CCO[C@H](C)C3)C2)c2ccc3ncc(-c4cnn(C)c4)nc3c2)c1. The summed E-state index contributed by atoms with van der Waals surface area (Å²) < 4.78 is 18.8. The van der Waals surface area contributed by atoms with E-state index in [4.69, 9.17) is 19.2 Å². The van der Waals surface area contributed by atoms with Gasteiger partial charge in [-0.05, 0) is 75.7 Å². The van der Waals surface area contributed by atoms with Crippen LogP contribution in [-0.2, 0) is 11.8 Å². The van der Waals surface area contributed by atoms with Crippen molar-refractivity contribution < 1.29 is 14.2 Å². The zero-order valence-corrected chi connectivity index (χ0v) is 25.2. The van der Waals surface area contributed by atoms with E-state index in [2.05, 4.69) is 57.1 Å². The molecule has 0 amide bonds. The van der Waals surface area contributed by atoms with Crippen molar-refractivity contribution in [2.75, 3.05) is 51.9 Å². The van der Waals surface area contributed by atoms with Gasteiger partial charge in [0.2, 0.25) is 0 Å². The molecule has 4 heterocycles. The van der Waals surface area contributed by atoms with Gasteiger partial charge in [-0.3, -0.25) is 9.67 Å². The van der Waals surface area contributed by atoms with Gasteiger partial charge in [0.25, 0.3) is 0 Å². The summed E-state index contributed by atoms with van der Waals surface area (Å²) in [5.74, 6) is 3.13. The van der Waals surface area contributed by atoms with Crippen molar-refractivity contribution in [3.63, 3.8) is 0 Å². The van der Waals surface area contributed by atoms with Crippen molar-refractivity contribution in [2.45, 2.75) is 38.7 Å². The Labute approximate surface area is 248 Å². The van der Waals surface area contributed by atoms with Crippen LogP contribution in [0.1, 0.15) is 32.6 Å². The highest BCUT2D eigenvalue weighted by Gasteiger charge is 2.32. The molecule has 2 aliphatic heterocycles. The molecule has 9 heteroatoms. The Balaban J connectivity index is 1.23. The van der Waals surface area contributed by atoms with Crippen LogP contribution in [-0.4, -0.2) is 77.8 Å². The number of aryl methyl sites for hydroxylation is 1. The summed E-state index contributed by atoms with van der Waals surface area (Å²) in [5.41, 5.74) is 5.56. The quantitative estimate of drug-likeness (QED) is 0.240. The minimum absolute atomic E-state index is 0.401. The molecule has 222 valence electrons. The van der Waals surface area contributed by atoms with Crippen LogP contribution >= 0.6 is 0 Å². The minimum atomic E-state index is 0.401. The zero-order valence-electron chi connectivity index (χ0n) is 25.2. The summed E-state index contributed by atoms with van der Waals surface area (Å²) in [7, 11) is 5.29. The van der Waals surface area contributed by atoms with Gasteiger partial charge >= 0.3 is 0 Å². The van der Waals surface area contributed by atoms with Crippen LogP contribution in [0.25, 0.3) is 22.3 Å². The molecule has 0 spiro atoms. The number of methoxy groups -OCH3 is 2. The molecule has 2 aromatic carbocycles. The average Bonchev–Trinajstić information content (AvgIpc) is 3.68. The fourth-order valence-electron chi connectivity index (χ4n) is 6.58. The molecular formula is C33H42N6O3. The molecule has 6 rings (SSSR count). The Bertz CT molecular complexity index is 1480. The number of hydrogen-bond donors (Lipinski definition) is 0. The van der Waals surface area contributed by atoms with E-state index >= 15 is 0 Å². The van der Waals surface area contributed by atoms with E-state index in [1.54, 1.807) is 18.9 Å². The van der Waals surface area contributed by atoms with Crippen molar-refractivity contribution >= 4 is 22.4 Å². The second kappa shape index (κ2) is 12.7. The standard InChI is InChI=1S/C33H42N6O3/c1-23-14-24(9-13-42-23)25-8-12-38(22-25)10-5-11-39(28-15-29(40-3)18-30(16-28)41-4)27-6-7-31-32(17-27)36-33(20-34-31)26-19-35-37(2)21-26/h6-7,15-21,23-25H,5,8-14,22H2,1-4H3/t23-,24?,25?/m1/s1. The molecule has 4 aromatic rings. The maximum absolute atomic E-state index is 5.81. The normalized spacial score (nSPS) is 21.1. The summed E-state index contributed by atoms with van der Waals surface area (Å²) >= 11 is 0. The number of aromatic nitrogens is 4. The first kappa shape index (κ1) is 28.4. The Morgan fingerprint density at radius 2 is 1.81 bits per heavy atom. The van der Waals surface area contributed by atoms with E-state index in [0.29, 0.717) is 6.10 Å². The third-order valence-corrected chi connectivity index (χ3v) is 8.84. The van der Waals surface area contributed by atoms with E-state index in [1.165, 1.54) is 32.4 Å². The second-order valence-corrected chi connectivity index (χ2v) is 11.7. The molecule has 3 atom stereocenters. The third kappa shape index (κ3) is 6.37.